The Labute approximate surface area is 334 Å². The monoisotopic (exact) mass is 738 g/mol. The first-order valence-corrected chi connectivity index (χ1v) is 20.1. The van der Waals surface area contributed by atoms with E-state index in [1.165, 1.54) is 87.4 Å². The maximum Gasteiger partial charge on any atom is 0.136 e. The first-order valence-electron chi connectivity index (χ1n) is 20.1. The summed E-state index contributed by atoms with van der Waals surface area (Å²) >= 11 is 0. The van der Waals surface area contributed by atoms with Crippen LogP contribution in [0, 0.1) is 0 Å². The second-order valence-corrected chi connectivity index (χ2v) is 15.9. The Morgan fingerprint density at radius 1 is 0.379 bits per heavy atom. The number of benzene rings is 10. The standard InChI is InChI=1S/C56H34O2/c1-2-12-36-29-37(18-17-33(36)9-1)38-19-24-45-48(30-38)54(40-21-26-47-52(32-40)58-50-28-23-35-11-4-6-14-42(35)56(47)50)44-16-8-7-15-43(44)53(45)39-20-25-46-51(31-39)57-49-27-22-34-10-3-5-13-41(34)55(46)49/h1-32,50,56H. The van der Waals surface area contributed by atoms with E-state index in [1.54, 1.807) is 0 Å². The summed E-state index contributed by atoms with van der Waals surface area (Å²) in [6, 6.07) is 66.6. The number of hydrogen-bond acceptors (Lipinski definition) is 2. The molecule has 0 N–H and O–H groups in total. The van der Waals surface area contributed by atoms with Crippen molar-refractivity contribution in [3.63, 3.8) is 0 Å². The van der Waals surface area contributed by atoms with Crippen LogP contribution in [0.4, 0.5) is 0 Å². The summed E-state index contributed by atoms with van der Waals surface area (Å²) in [4.78, 5) is 0. The van der Waals surface area contributed by atoms with Gasteiger partial charge in [-0.25, -0.2) is 0 Å². The summed E-state index contributed by atoms with van der Waals surface area (Å²) in [6.45, 7) is 0. The van der Waals surface area contributed by atoms with Crippen LogP contribution in [-0.2, 0) is 0 Å². The van der Waals surface area contributed by atoms with Gasteiger partial charge in [0, 0.05) is 16.3 Å². The molecular weight excluding hydrogens is 705 g/mol. The lowest BCUT2D eigenvalue weighted by molar-refractivity contribution is 0.267. The Balaban J connectivity index is 1.06. The molecule has 0 spiro atoms. The molecule has 2 heterocycles. The summed E-state index contributed by atoms with van der Waals surface area (Å²) < 4.78 is 13.4. The van der Waals surface area contributed by atoms with Gasteiger partial charge in [0.05, 0.1) is 5.92 Å². The summed E-state index contributed by atoms with van der Waals surface area (Å²) in [6.07, 6.45) is 4.42. The van der Waals surface area contributed by atoms with Crippen molar-refractivity contribution in [1.29, 1.82) is 0 Å². The van der Waals surface area contributed by atoms with Crippen molar-refractivity contribution in [2.75, 3.05) is 0 Å². The van der Waals surface area contributed by atoms with Crippen LogP contribution in [0.1, 0.15) is 22.6 Å². The molecule has 0 saturated heterocycles. The molecule has 2 aliphatic rings. The van der Waals surface area contributed by atoms with E-state index in [0.29, 0.717) is 0 Å². The van der Waals surface area contributed by atoms with Crippen molar-refractivity contribution in [3.05, 3.63) is 205 Å². The predicted octanol–water partition coefficient (Wildman–Crippen LogP) is 15.1. The minimum Gasteiger partial charge on any atom is -0.485 e. The summed E-state index contributed by atoms with van der Waals surface area (Å²) in [7, 11) is 0. The quantitative estimate of drug-likeness (QED) is 0.168. The molecule has 11 aromatic rings. The highest BCUT2D eigenvalue weighted by molar-refractivity contribution is 6.24. The third kappa shape index (κ3) is 4.60. The number of hydrogen-bond donors (Lipinski definition) is 0. The van der Waals surface area contributed by atoms with E-state index in [-0.39, 0.29) is 12.0 Å². The molecule has 10 aromatic carbocycles. The van der Waals surface area contributed by atoms with E-state index in [9.17, 15) is 0 Å². The van der Waals surface area contributed by atoms with E-state index in [2.05, 4.69) is 194 Å². The molecule has 2 atom stereocenters. The molecule has 0 amide bonds. The highest BCUT2D eigenvalue weighted by Crippen LogP contribution is 2.51. The molecule has 1 aliphatic carbocycles. The SMILES string of the molecule is C1=CC2Oc3cc(-c4c5ccccc5c(-c5ccc6c(c5)oc5ccc7ccccc7c56)c5ccc(-c6ccc7ccccc7c6)cc45)ccc3C2c2ccccc21. The van der Waals surface area contributed by atoms with Crippen LogP contribution in [0.5, 0.6) is 5.75 Å². The van der Waals surface area contributed by atoms with Gasteiger partial charge < -0.3 is 9.15 Å². The molecule has 1 aromatic heterocycles. The molecule has 58 heavy (non-hydrogen) atoms. The second kappa shape index (κ2) is 12.0. The minimum atomic E-state index is -0.0123. The average molecular weight is 739 g/mol. The van der Waals surface area contributed by atoms with Gasteiger partial charge >= 0.3 is 0 Å². The zero-order chi connectivity index (χ0) is 37.9. The molecule has 0 saturated carbocycles. The van der Waals surface area contributed by atoms with E-state index < -0.39 is 0 Å². The van der Waals surface area contributed by atoms with Crippen molar-refractivity contribution >= 4 is 71.1 Å². The fourth-order valence-electron chi connectivity index (χ4n) is 10.1. The van der Waals surface area contributed by atoms with E-state index in [0.717, 1.165) is 33.4 Å². The molecule has 2 heteroatoms. The Morgan fingerprint density at radius 3 is 1.91 bits per heavy atom. The first kappa shape index (κ1) is 31.7. The van der Waals surface area contributed by atoms with Crippen LogP contribution in [0.15, 0.2) is 192 Å². The largest absolute Gasteiger partial charge is 0.485 e. The first-order chi connectivity index (χ1) is 28.7. The fraction of sp³-hybridized carbons (Fsp3) is 0.0357. The zero-order valence-corrected chi connectivity index (χ0v) is 31.4. The summed E-state index contributed by atoms with van der Waals surface area (Å²) in [5, 5.41) is 12.0. The molecule has 13 rings (SSSR count). The van der Waals surface area contributed by atoms with Crippen molar-refractivity contribution in [1.82, 2.24) is 0 Å². The van der Waals surface area contributed by atoms with Crippen molar-refractivity contribution < 1.29 is 9.15 Å². The topological polar surface area (TPSA) is 22.4 Å². The zero-order valence-electron chi connectivity index (χ0n) is 31.4. The lowest BCUT2D eigenvalue weighted by atomic mass is 9.81. The maximum atomic E-state index is 6.78. The lowest BCUT2D eigenvalue weighted by Crippen LogP contribution is -2.20. The van der Waals surface area contributed by atoms with Gasteiger partial charge in [-0.1, -0.05) is 152 Å². The Bertz CT molecular complexity index is 3570. The van der Waals surface area contributed by atoms with Crippen LogP contribution in [0.2, 0.25) is 0 Å². The smallest absolute Gasteiger partial charge is 0.136 e. The molecule has 270 valence electrons. The molecule has 2 unspecified atom stereocenters. The normalized spacial score (nSPS) is 15.7. The predicted molar refractivity (Wildman–Crippen MR) is 242 cm³/mol. The Kier molecular flexibility index (Phi) is 6.59. The number of fused-ring (bicyclic) bond motifs is 13. The van der Waals surface area contributed by atoms with Crippen molar-refractivity contribution in [2.24, 2.45) is 0 Å². The van der Waals surface area contributed by atoms with Crippen LogP contribution in [0.3, 0.4) is 0 Å². The van der Waals surface area contributed by atoms with Gasteiger partial charge in [-0.2, -0.15) is 0 Å². The number of ether oxygens (including phenoxy) is 1. The van der Waals surface area contributed by atoms with Crippen LogP contribution in [0.25, 0.3) is 104 Å². The van der Waals surface area contributed by atoms with Gasteiger partial charge in [-0.15, -0.1) is 0 Å². The van der Waals surface area contributed by atoms with Crippen LogP contribution in [-0.4, -0.2) is 6.10 Å². The Morgan fingerprint density at radius 2 is 1.02 bits per heavy atom. The molecule has 0 radical (unpaired) electrons. The van der Waals surface area contributed by atoms with E-state index in [1.807, 2.05) is 0 Å². The highest BCUT2D eigenvalue weighted by atomic mass is 16.5. The third-order valence-corrected chi connectivity index (χ3v) is 12.8. The Hall–Kier alpha value is -7.42. The molecular formula is C56H34O2. The minimum absolute atomic E-state index is 0.0123. The summed E-state index contributed by atoms with van der Waals surface area (Å²) in [5.41, 5.74) is 12.7. The molecule has 2 nitrogen and oxygen atoms in total. The van der Waals surface area contributed by atoms with E-state index >= 15 is 0 Å². The summed E-state index contributed by atoms with van der Waals surface area (Å²) in [5.74, 6) is 1.15. The molecule has 0 bridgehead atoms. The molecule has 0 fully saturated rings. The fourth-order valence-corrected chi connectivity index (χ4v) is 10.1. The van der Waals surface area contributed by atoms with Crippen molar-refractivity contribution in [3.8, 4) is 39.1 Å². The third-order valence-electron chi connectivity index (χ3n) is 12.8. The molecule has 1 aliphatic heterocycles. The van der Waals surface area contributed by atoms with Gasteiger partial charge in [-0.3, -0.25) is 0 Å². The van der Waals surface area contributed by atoms with Gasteiger partial charge in [0.15, 0.2) is 0 Å². The second-order valence-electron chi connectivity index (χ2n) is 15.9. The average Bonchev–Trinajstić information content (AvgIpc) is 3.86. The van der Waals surface area contributed by atoms with E-state index in [4.69, 9.17) is 9.15 Å². The van der Waals surface area contributed by atoms with Crippen LogP contribution < -0.4 is 4.74 Å². The van der Waals surface area contributed by atoms with Gasteiger partial charge in [-0.05, 0) is 130 Å². The van der Waals surface area contributed by atoms with Crippen molar-refractivity contribution in [2.45, 2.75) is 12.0 Å². The highest BCUT2D eigenvalue weighted by Gasteiger charge is 2.37. The lowest BCUT2D eigenvalue weighted by Gasteiger charge is -2.22. The van der Waals surface area contributed by atoms with Gasteiger partial charge in [0.1, 0.15) is 23.0 Å². The number of rotatable bonds is 3. The van der Waals surface area contributed by atoms with Gasteiger partial charge in [0.25, 0.3) is 0 Å². The maximum absolute atomic E-state index is 6.78. The van der Waals surface area contributed by atoms with Crippen LogP contribution >= 0.6 is 0 Å². The van der Waals surface area contributed by atoms with Gasteiger partial charge in [0.2, 0.25) is 0 Å². The number of furan rings is 1.